The molecule has 0 bridgehead atoms. The maximum atomic E-state index is 13.2. The van der Waals surface area contributed by atoms with Crippen LogP contribution in [0.4, 0.5) is 13.2 Å². The molecular weight excluding hydrogens is 430 g/mol. The molecule has 2 rings (SSSR count). The van der Waals surface area contributed by atoms with Crippen molar-refractivity contribution in [2.45, 2.75) is 26.6 Å². The summed E-state index contributed by atoms with van der Waals surface area (Å²) in [5.74, 6) is -2.09. The van der Waals surface area contributed by atoms with Gasteiger partial charge in [-0.05, 0) is 37.6 Å². The Hall–Kier alpha value is -2.25. The lowest BCUT2D eigenvalue weighted by Crippen LogP contribution is -2.43. The van der Waals surface area contributed by atoms with E-state index in [4.69, 9.17) is 28.0 Å². The molecule has 4 nitrogen and oxygen atoms in total. The van der Waals surface area contributed by atoms with Crippen molar-refractivity contribution in [3.63, 3.8) is 0 Å². The highest BCUT2D eigenvalue weighted by atomic mass is 35.5. The lowest BCUT2D eigenvalue weighted by Gasteiger charge is -2.29. The summed E-state index contributed by atoms with van der Waals surface area (Å²) in [5, 5.41) is 1.000. The van der Waals surface area contributed by atoms with Crippen LogP contribution in [0.25, 0.3) is 0 Å². The zero-order chi connectivity index (χ0) is 21.8. The monoisotopic (exact) mass is 447 g/mol. The Bertz CT molecular complexity index is 901. The number of carbonyl (C=O) groups is 2. The van der Waals surface area contributed by atoms with Crippen molar-refractivity contribution in [3.05, 3.63) is 70.2 Å². The summed E-state index contributed by atoms with van der Waals surface area (Å²) in [6.07, 6.45) is -4.76. The van der Waals surface area contributed by atoms with Crippen LogP contribution in [0.3, 0.4) is 0 Å². The molecule has 0 saturated carbocycles. The number of hydrogen-bond acceptors (Lipinski definition) is 3. The van der Waals surface area contributed by atoms with E-state index in [1.165, 1.54) is 19.9 Å². The van der Waals surface area contributed by atoms with Gasteiger partial charge < -0.3 is 4.84 Å². The smallest absolute Gasteiger partial charge is 0.332 e. The van der Waals surface area contributed by atoms with Crippen LogP contribution in [0.15, 0.2) is 48.5 Å². The second kappa shape index (κ2) is 9.05. The topological polar surface area (TPSA) is 46.6 Å². The number of hydroxylamine groups is 2. The highest BCUT2D eigenvalue weighted by Gasteiger charge is 2.38. The minimum Gasteiger partial charge on any atom is -0.332 e. The first-order valence-electron chi connectivity index (χ1n) is 8.47. The molecule has 9 heteroatoms. The van der Waals surface area contributed by atoms with Gasteiger partial charge in [-0.25, -0.2) is 4.79 Å². The molecule has 0 atom stereocenters. The van der Waals surface area contributed by atoms with Gasteiger partial charge in [0.2, 0.25) is 0 Å². The Balaban J connectivity index is 2.39. The molecule has 2 aromatic carbocycles. The van der Waals surface area contributed by atoms with Gasteiger partial charge in [0.15, 0.2) is 0 Å². The zero-order valence-corrected chi connectivity index (χ0v) is 17.1. The molecule has 0 aromatic heterocycles. The number of nitrogens with zero attached hydrogens (tertiary/aromatic N) is 1. The van der Waals surface area contributed by atoms with Gasteiger partial charge in [0.25, 0.3) is 5.91 Å². The second-order valence-corrected chi connectivity index (χ2v) is 7.55. The number of carbonyl (C=O) groups excluding carboxylic acids is 2. The highest BCUT2D eigenvalue weighted by Crippen LogP contribution is 2.33. The molecule has 0 N–H and O–H groups in total. The first kappa shape index (κ1) is 23.0. The fraction of sp³-hybridized carbons (Fsp3) is 0.300. The standard InChI is InChI=1S/C20H18Cl2F3NO3/c1-19(2,12-21)18(28)26(11-13-7-3-6-10-16(13)22)29-17(27)14-8-4-5-9-15(14)20(23,24)25/h3-10H,11-12H2,1-2H3. The molecule has 0 fully saturated rings. The van der Waals surface area contributed by atoms with Gasteiger partial charge in [0, 0.05) is 10.9 Å². The first-order chi connectivity index (χ1) is 13.5. The van der Waals surface area contributed by atoms with Gasteiger partial charge in [-0.3, -0.25) is 4.79 Å². The molecule has 0 heterocycles. The van der Waals surface area contributed by atoms with Crippen LogP contribution in [-0.4, -0.2) is 22.8 Å². The Morgan fingerprint density at radius 1 is 1.03 bits per heavy atom. The largest absolute Gasteiger partial charge is 0.417 e. The van der Waals surface area contributed by atoms with Crippen LogP contribution < -0.4 is 0 Å². The summed E-state index contributed by atoms with van der Waals surface area (Å²) >= 11 is 11.9. The van der Waals surface area contributed by atoms with Gasteiger partial charge in [-0.2, -0.15) is 18.2 Å². The van der Waals surface area contributed by atoms with Gasteiger partial charge in [0.1, 0.15) is 0 Å². The number of hydrogen-bond donors (Lipinski definition) is 0. The third-order valence-electron chi connectivity index (χ3n) is 4.06. The Morgan fingerprint density at radius 3 is 2.21 bits per heavy atom. The number of alkyl halides is 4. The van der Waals surface area contributed by atoms with Crippen molar-refractivity contribution in [3.8, 4) is 0 Å². The molecule has 0 aliphatic carbocycles. The summed E-state index contributed by atoms with van der Waals surface area (Å²) < 4.78 is 39.7. The normalized spacial score (nSPS) is 11.8. The third kappa shape index (κ3) is 5.64. The molecule has 29 heavy (non-hydrogen) atoms. The summed E-state index contributed by atoms with van der Waals surface area (Å²) in [7, 11) is 0. The van der Waals surface area contributed by atoms with E-state index in [1.54, 1.807) is 24.3 Å². The number of halogens is 5. The van der Waals surface area contributed by atoms with Crippen molar-refractivity contribution in [2.75, 3.05) is 5.88 Å². The Labute approximate surface area is 176 Å². The maximum absolute atomic E-state index is 13.2. The molecule has 1 amide bonds. The molecule has 156 valence electrons. The minimum atomic E-state index is -4.76. The predicted octanol–water partition coefficient (Wildman–Crippen LogP) is 5.72. The average molecular weight is 448 g/mol. The lowest BCUT2D eigenvalue weighted by molar-refractivity contribution is -0.179. The summed E-state index contributed by atoms with van der Waals surface area (Å²) in [6, 6.07) is 10.7. The van der Waals surface area contributed by atoms with E-state index in [-0.39, 0.29) is 12.4 Å². The van der Waals surface area contributed by atoms with Crippen LogP contribution in [0, 0.1) is 5.41 Å². The van der Waals surface area contributed by atoms with Crippen LogP contribution in [0.1, 0.15) is 35.3 Å². The number of amides is 1. The zero-order valence-electron chi connectivity index (χ0n) is 15.6. The molecule has 0 saturated heterocycles. The van der Waals surface area contributed by atoms with Gasteiger partial charge in [-0.15, -0.1) is 11.6 Å². The van der Waals surface area contributed by atoms with E-state index < -0.39 is 34.6 Å². The predicted molar refractivity (Wildman–Crippen MR) is 103 cm³/mol. The minimum absolute atomic E-state index is 0.0957. The van der Waals surface area contributed by atoms with E-state index in [1.807, 2.05) is 0 Å². The Kier molecular flexibility index (Phi) is 7.19. The lowest BCUT2D eigenvalue weighted by atomic mass is 9.95. The molecule has 0 radical (unpaired) electrons. The molecular formula is C20H18Cl2F3NO3. The third-order valence-corrected chi connectivity index (χ3v) is 5.09. The second-order valence-electron chi connectivity index (χ2n) is 6.87. The number of rotatable bonds is 5. The molecule has 0 unspecified atom stereocenters. The maximum Gasteiger partial charge on any atom is 0.417 e. The van der Waals surface area contributed by atoms with Crippen LogP contribution in [-0.2, 0) is 22.4 Å². The van der Waals surface area contributed by atoms with Crippen molar-refractivity contribution in [2.24, 2.45) is 5.41 Å². The van der Waals surface area contributed by atoms with Crippen molar-refractivity contribution < 1.29 is 27.6 Å². The van der Waals surface area contributed by atoms with Gasteiger partial charge in [-0.1, -0.05) is 41.9 Å². The summed E-state index contributed by atoms with van der Waals surface area (Å²) in [4.78, 5) is 30.5. The first-order valence-corrected chi connectivity index (χ1v) is 9.38. The SMILES string of the molecule is CC(C)(CCl)C(=O)N(Cc1ccccc1Cl)OC(=O)c1ccccc1C(F)(F)F. The van der Waals surface area contributed by atoms with E-state index in [9.17, 15) is 22.8 Å². The van der Waals surface area contributed by atoms with Crippen LogP contribution in [0.5, 0.6) is 0 Å². The molecule has 0 aliphatic rings. The van der Waals surface area contributed by atoms with E-state index in [0.29, 0.717) is 15.6 Å². The number of benzene rings is 2. The quantitative estimate of drug-likeness (QED) is 0.434. The average Bonchev–Trinajstić information content (AvgIpc) is 2.67. The van der Waals surface area contributed by atoms with Crippen molar-refractivity contribution >= 4 is 35.1 Å². The van der Waals surface area contributed by atoms with Crippen molar-refractivity contribution in [1.82, 2.24) is 5.06 Å². The van der Waals surface area contributed by atoms with E-state index in [2.05, 4.69) is 0 Å². The highest BCUT2D eigenvalue weighted by molar-refractivity contribution is 6.31. The van der Waals surface area contributed by atoms with Crippen LogP contribution >= 0.6 is 23.2 Å². The van der Waals surface area contributed by atoms with E-state index >= 15 is 0 Å². The summed E-state index contributed by atoms with van der Waals surface area (Å²) in [6.45, 7) is 2.80. The molecule has 0 aliphatic heterocycles. The van der Waals surface area contributed by atoms with Crippen molar-refractivity contribution in [1.29, 1.82) is 0 Å². The fourth-order valence-corrected chi connectivity index (χ4v) is 2.69. The van der Waals surface area contributed by atoms with E-state index in [0.717, 1.165) is 18.2 Å². The van der Waals surface area contributed by atoms with Crippen LogP contribution in [0.2, 0.25) is 5.02 Å². The van der Waals surface area contributed by atoms with Gasteiger partial charge >= 0.3 is 12.1 Å². The summed E-state index contributed by atoms with van der Waals surface area (Å²) in [5.41, 5.74) is -2.55. The van der Waals surface area contributed by atoms with Gasteiger partial charge in [0.05, 0.1) is 23.1 Å². The molecule has 0 spiro atoms. The fourth-order valence-electron chi connectivity index (χ4n) is 2.38. The Morgan fingerprint density at radius 2 is 1.62 bits per heavy atom. The molecule has 2 aromatic rings.